The number of carboxylic acid groups (broad SMARTS) is 1. The van der Waals surface area contributed by atoms with Crippen LogP contribution >= 0.6 is 0 Å². The highest BCUT2D eigenvalue weighted by atomic mass is 16.4. The molecule has 20 heavy (non-hydrogen) atoms. The van der Waals surface area contributed by atoms with E-state index in [0.717, 1.165) is 32.1 Å². The van der Waals surface area contributed by atoms with Gasteiger partial charge in [0, 0.05) is 19.5 Å². The summed E-state index contributed by atoms with van der Waals surface area (Å²) in [4.78, 5) is 24.8. The van der Waals surface area contributed by atoms with Gasteiger partial charge in [0.15, 0.2) is 0 Å². The standard InChI is InChI=1S/C16H29NO3/c1-2-3-7-11-17(12-10-16(19)20)15(18)13-14-8-5-4-6-9-14/h14H,2-13H2,1H3,(H,19,20). The molecule has 0 aromatic heterocycles. The number of carbonyl (C=O) groups excluding carboxylic acids is 1. The van der Waals surface area contributed by atoms with E-state index in [0.29, 0.717) is 25.4 Å². The highest BCUT2D eigenvalue weighted by Gasteiger charge is 2.21. The zero-order valence-electron chi connectivity index (χ0n) is 12.8. The third kappa shape index (κ3) is 6.92. The Bertz CT molecular complexity index is 298. The fourth-order valence-corrected chi connectivity index (χ4v) is 2.91. The van der Waals surface area contributed by atoms with Gasteiger partial charge in [0.25, 0.3) is 0 Å². The van der Waals surface area contributed by atoms with Gasteiger partial charge in [0.05, 0.1) is 6.42 Å². The first kappa shape index (κ1) is 17.0. The van der Waals surface area contributed by atoms with Crippen LogP contribution in [0, 0.1) is 5.92 Å². The second-order valence-electron chi connectivity index (χ2n) is 5.94. The van der Waals surface area contributed by atoms with Crippen LogP contribution in [0.25, 0.3) is 0 Å². The topological polar surface area (TPSA) is 57.6 Å². The van der Waals surface area contributed by atoms with Gasteiger partial charge in [0.1, 0.15) is 0 Å². The van der Waals surface area contributed by atoms with Crippen molar-refractivity contribution in [3.8, 4) is 0 Å². The molecule has 1 rings (SSSR count). The summed E-state index contributed by atoms with van der Waals surface area (Å²) in [5.41, 5.74) is 0. The summed E-state index contributed by atoms with van der Waals surface area (Å²) in [6.07, 6.45) is 9.96. The molecule has 1 N–H and O–H groups in total. The van der Waals surface area contributed by atoms with Gasteiger partial charge in [-0.2, -0.15) is 0 Å². The Morgan fingerprint density at radius 2 is 1.80 bits per heavy atom. The molecule has 1 saturated carbocycles. The van der Waals surface area contributed by atoms with Crippen LogP contribution in [-0.4, -0.2) is 35.0 Å². The van der Waals surface area contributed by atoms with Gasteiger partial charge in [-0.25, -0.2) is 0 Å². The second kappa shape index (κ2) is 9.78. The largest absolute Gasteiger partial charge is 0.481 e. The Kier molecular flexibility index (Phi) is 8.31. The zero-order chi connectivity index (χ0) is 14.8. The van der Waals surface area contributed by atoms with Crippen molar-refractivity contribution in [1.29, 1.82) is 0 Å². The van der Waals surface area contributed by atoms with Gasteiger partial charge in [-0.3, -0.25) is 9.59 Å². The van der Waals surface area contributed by atoms with E-state index in [2.05, 4.69) is 6.92 Å². The monoisotopic (exact) mass is 283 g/mol. The van der Waals surface area contributed by atoms with Crippen molar-refractivity contribution in [3.05, 3.63) is 0 Å². The molecule has 0 spiro atoms. The lowest BCUT2D eigenvalue weighted by Crippen LogP contribution is -2.35. The smallest absolute Gasteiger partial charge is 0.305 e. The number of carbonyl (C=O) groups is 2. The molecule has 0 aromatic rings. The van der Waals surface area contributed by atoms with Crippen LogP contribution in [0.3, 0.4) is 0 Å². The van der Waals surface area contributed by atoms with E-state index in [-0.39, 0.29) is 12.3 Å². The highest BCUT2D eigenvalue weighted by molar-refractivity contribution is 5.77. The molecule has 0 atom stereocenters. The Morgan fingerprint density at radius 1 is 1.10 bits per heavy atom. The Balaban J connectivity index is 2.41. The minimum atomic E-state index is -0.823. The van der Waals surface area contributed by atoms with Crippen LogP contribution in [0.1, 0.15) is 71.1 Å². The molecule has 1 aliphatic rings. The number of carboxylic acids is 1. The van der Waals surface area contributed by atoms with Crippen LogP contribution in [-0.2, 0) is 9.59 Å². The molecule has 0 aliphatic heterocycles. The Hall–Kier alpha value is -1.06. The van der Waals surface area contributed by atoms with Gasteiger partial charge in [-0.05, 0) is 25.2 Å². The van der Waals surface area contributed by atoms with Crippen molar-refractivity contribution < 1.29 is 14.7 Å². The maximum atomic E-state index is 12.4. The van der Waals surface area contributed by atoms with Crippen LogP contribution in [0.4, 0.5) is 0 Å². The highest BCUT2D eigenvalue weighted by Crippen LogP contribution is 2.26. The first-order valence-corrected chi connectivity index (χ1v) is 8.13. The first-order valence-electron chi connectivity index (χ1n) is 8.13. The third-order valence-electron chi connectivity index (χ3n) is 4.17. The molecule has 4 heteroatoms. The molecule has 116 valence electrons. The summed E-state index contributed by atoms with van der Waals surface area (Å²) in [6, 6.07) is 0. The molecule has 0 heterocycles. The van der Waals surface area contributed by atoms with Gasteiger partial charge in [0.2, 0.25) is 5.91 Å². The third-order valence-corrected chi connectivity index (χ3v) is 4.17. The Labute approximate surface area is 122 Å². The van der Waals surface area contributed by atoms with Crippen LogP contribution < -0.4 is 0 Å². The lowest BCUT2D eigenvalue weighted by atomic mass is 9.86. The van der Waals surface area contributed by atoms with E-state index < -0.39 is 5.97 Å². The quantitative estimate of drug-likeness (QED) is 0.659. The number of nitrogens with zero attached hydrogens (tertiary/aromatic N) is 1. The van der Waals surface area contributed by atoms with Crippen molar-refractivity contribution in [1.82, 2.24) is 4.90 Å². The van der Waals surface area contributed by atoms with Crippen molar-refractivity contribution in [2.75, 3.05) is 13.1 Å². The number of hydrogen-bond acceptors (Lipinski definition) is 2. The normalized spacial score (nSPS) is 16.1. The summed E-state index contributed by atoms with van der Waals surface area (Å²) >= 11 is 0. The first-order chi connectivity index (χ1) is 9.63. The molecule has 0 saturated heterocycles. The summed E-state index contributed by atoms with van der Waals surface area (Å²) in [5.74, 6) is -0.139. The van der Waals surface area contributed by atoms with Crippen LogP contribution in [0.2, 0.25) is 0 Å². The van der Waals surface area contributed by atoms with Gasteiger partial charge < -0.3 is 10.0 Å². The number of unbranched alkanes of at least 4 members (excludes halogenated alkanes) is 2. The van der Waals surface area contributed by atoms with E-state index in [1.807, 2.05) is 0 Å². The molecule has 1 aliphatic carbocycles. The lowest BCUT2D eigenvalue weighted by Gasteiger charge is -2.26. The fourth-order valence-electron chi connectivity index (χ4n) is 2.91. The molecular weight excluding hydrogens is 254 g/mol. The zero-order valence-corrected chi connectivity index (χ0v) is 12.8. The number of amides is 1. The van der Waals surface area contributed by atoms with Gasteiger partial charge >= 0.3 is 5.97 Å². The summed E-state index contributed by atoms with van der Waals surface area (Å²) < 4.78 is 0. The predicted octanol–water partition coefficient (Wildman–Crippen LogP) is 3.45. The molecule has 0 unspecified atom stereocenters. The molecule has 1 amide bonds. The number of aliphatic carboxylic acids is 1. The molecule has 0 radical (unpaired) electrons. The number of hydrogen-bond donors (Lipinski definition) is 1. The summed E-state index contributed by atoms with van der Waals surface area (Å²) in [7, 11) is 0. The van der Waals surface area contributed by atoms with Crippen molar-refractivity contribution in [2.24, 2.45) is 5.92 Å². The minimum Gasteiger partial charge on any atom is -0.481 e. The van der Waals surface area contributed by atoms with Crippen molar-refractivity contribution >= 4 is 11.9 Å². The predicted molar refractivity (Wildman–Crippen MR) is 79.5 cm³/mol. The van der Waals surface area contributed by atoms with Crippen LogP contribution in [0.5, 0.6) is 0 Å². The molecule has 0 aromatic carbocycles. The fraction of sp³-hybridized carbons (Fsp3) is 0.875. The van der Waals surface area contributed by atoms with E-state index in [1.165, 1.54) is 19.3 Å². The molecule has 1 fully saturated rings. The van der Waals surface area contributed by atoms with Gasteiger partial charge in [-0.1, -0.05) is 39.0 Å². The van der Waals surface area contributed by atoms with E-state index >= 15 is 0 Å². The Morgan fingerprint density at radius 3 is 2.40 bits per heavy atom. The molecule has 0 bridgehead atoms. The lowest BCUT2D eigenvalue weighted by molar-refractivity contribution is -0.138. The average molecular weight is 283 g/mol. The van der Waals surface area contributed by atoms with Crippen LogP contribution in [0.15, 0.2) is 0 Å². The SMILES string of the molecule is CCCCCN(CCC(=O)O)C(=O)CC1CCCCC1. The van der Waals surface area contributed by atoms with E-state index in [1.54, 1.807) is 4.90 Å². The maximum Gasteiger partial charge on any atom is 0.305 e. The number of rotatable bonds is 9. The minimum absolute atomic E-state index is 0.0581. The summed E-state index contributed by atoms with van der Waals surface area (Å²) in [5, 5.41) is 8.80. The molecular formula is C16H29NO3. The summed E-state index contributed by atoms with van der Waals surface area (Å²) in [6.45, 7) is 3.21. The van der Waals surface area contributed by atoms with Crippen molar-refractivity contribution in [3.63, 3.8) is 0 Å². The molecule has 4 nitrogen and oxygen atoms in total. The van der Waals surface area contributed by atoms with Crippen molar-refractivity contribution in [2.45, 2.75) is 71.1 Å². The van der Waals surface area contributed by atoms with E-state index in [9.17, 15) is 9.59 Å². The maximum absolute atomic E-state index is 12.4. The van der Waals surface area contributed by atoms with E-state index in [4.69, 9.17) is 5.11 Å². The average Bonchev–Trinajstić information content (AvgIpc) is 2.43. The van der Waals surface area contributed by atoms with Gasteiger partial charge in [-0.15, -0.1) is 0 Å². The second-order valence-corrected chi connectivity index (χ2v) is 5.94.